The van der Waals surface area contributed by atoms with Crippen molar-refractivity contribution < 1.29 is 39.5 Å². The standard InChI is InChI=1S/C23H40O8/c1-7-8-9-10-11-16(24)12-13-17(25)30-20-14(2)18(26)23(6,29)19(27)15(3)21(28)31-22(20,4)5/h12-16,18-20,24,26-27,29H,7-11H2,1-6H3/t14-,15+,16+,18-,19+,20+,23+/m0/s1. The molecule has 0 unspecified atom stereocenters. The number of aliphatic hydroxyl groups excluding tert-OH is 3. The van der Waals surface area contributed by atoms with Crippen LogP contribution in [0, 0.1) is 11.8 Å². The minimum atomic E-state index is -2.03. The van der Waals surface area contributed by atoms with Crippen molar-refractivity contribution in [1.29, 1.82) is 0 Å². The van der Waals surface area contributed by atoms with E-state index in [0.29, 0.717) is 6.42 Å². The molecule has 0 aromatic heterocycles. The van der Waals surface area contributed by atoms with Gasteiger partial charge in [-0.25, -0.2) is 4.79 Å². The zero-order chi connectivity index (χ0) is 24.0. The maximum absolute atomic E-state index is 12.5. The molecule has 0 aromatic carbocycles. The van der Waals surface area contributed by atoms with E-state index in [9.17, 15) is 30.0 Å². The predicted molar refractivity (Wildman–Crippen MR) is 115 cm³/mol. The molecule has 7 atom stereocenters. The van der Waals surface area contributed by atoms with Crippen LogP contribution >= 0.6 is 0 Å². The molecule has 8 heteroatoms. The molecule has 180 valence electrons. The van der Waals surface area contributed by atoms with Crippen LogP contribution < -0.4 is 0 Å². The van der Waals surface area contributed by atoms with Gasteiger partial charge in [-0.3, -0.25) is 4.79 Å². The van der Waals surface area contributed by atoms with Crippen LogP contribution in [0.1, 0.15) is 73.6 Å². The van der Waals surface area contributed by atoms with Gasteiger partial charge in [0.1, 0.15) is 17.3 Å². The lowest BCUT2D eigenvalue weighted by molar-refractivity contribution is -0.192. The van der Waals surface area contributed by atoms with Crippen molar-refractivity contribution in [3.63, 3.8) is 0 Å². The summed E-state index contributed by atoms with van der Waals surface area (Å²) >= 11 is 0. The number of ether oxygens (including phenoxy) is 2. The van der Waals surface area contributed by atoms with Gasteiger partial charge in [0.05, 0.1) is 24.2 Å². The number of carbonyl (C=O) groups excluding carboxylic acids is 2. The second-order valence-corrected chi connectivity index (χ2v) is 9.42. The largest absolute Gasteiger partial charge is 0.455 e. The number of esters is 2. The van der Waals surface area contributed by atoms with Gasteiger partial charge in [0, 0.05) is 12.0 Å². The third kappa shape index (κ3) is 7.27. The molecule has 0 radical (unpaired) electrons. The van der Waals surface area contributed by atoms with E-state index in [1.165, 1.54) is 33.8 Å². The molecular weight excluding hydrogens is 404 g/mol. The predicted octanol–water partition coefficient (Wildman–Crippen LogP) is 1.87. The molecule has 0 saturated carbocycles. The highest BCUT2D eigenvalue weighted by molar-refractivity contribution is 5.82. The Bertz CT molecular complexity index is 627. The number of hydrogen-bond acceptors (Lipinski definition) is 8. The topological polar surface area (TPSA) is 134 Å². The highest BCUT2D eigenvalue weighted by Crippen LogP contribution is 2.36. The summed E-state index contributed by atoms with van der Waals surface area (Å²) in [6.07, 6.45) is 2.04. The molecule has 1 saturated heterocycles. The number of hydrogen-bond donors (Lipinski definition) is 4. The number of carbonyl (C=O) groups is 2. The summed E-state index contributed by atoms with van der Waals surface area (Å²) < 4.78 is 11.0. The Labute approximate surface area is 185 Å². The van der Waals surface area contributed by atoms with Crippen molar-refractivity contribution >= 4 is 11.9 Å². The molecular formula is C23H40O8. The smallest absolute Gasteiger partial charge is 0.330 e. The van der Waals surface area contributed by atoms with E-state index in [1.54, 1.807) is 6.92 Å². The van der Waals surface area contributed by atoms with E-state index >= 15 is 0 Å². The van der Waals surface area contributed by atoms with Gasteiger partial charge in [-0.15, -0.1) is 0 Å². The fraction of sp³-hybridized carbons (Fsp3) is 0.826. The number of unbranched alkanes of at least 4 members (excludes halogenated alkanes) is 3. The molecule has 0 aromatic rings. The Morgan fingerprint density at radius 2 is 1.77 bits per heavy atom. The van der Waals surface area contributed by atoms with Crippen LogP contribution in [0.5, 0.6) is 0 Å². The molecule has 31 heavy (non-hydrogen) atoms. The molecule has 0 bridgehead atoms. The molecule has 8 nitrogen and oxygen atoms in total. The molecule has 4 N–H and O–H groups in total. The first-order valence-corrected chi connectivity index (χ1v) is 11.1. The van der Waals surface area contributed by atoms with Crippen molar-refractivity contribution in [1.82, 2.24) is 0 Å². The number of cyclic esters (lactones) is 1. The monoisotopic (exact) mass is 444 g/mol. The van der Waals surface area contributed by atoms with E-state index in [4.69, 9.17) is 9.47 Å². The van der Waals surface area contributed by atoms with Gasteiger partial charge < -0.3 is 29.9 Å². The molecule has 1 aliphatic rings. The minimum absolute atomic E-state index is 0.532. The van der Waals surface area contributed by atoms with Crippen LogP contribution in [0.4, 0.5) is 0 Å². The van der Waals surface area contributed by atoms with Crippen LogP contribution in [0.3, 0.4) is 0 Å². The first-order chi connectivity index (χ1) is 14.3. The fourth-order valence-electron chi connectivity index (χ4n) is 4.03. The van der Waals surface area contributed by atoms with Gasteiger partial charge in [-0.1, -0.05) is 39.5 Å². The second-order valence-electron chi connectivity index (χ2n) is 9.42. The fourth-order valence-corrected chi connectivity index (χ4v) is 4.03. The average Bonchev–Trinajstić information content (AvgIpc) is 2.70. The molecule has 1 fully saturated rings. The van der Waals surface area contributed by atoms with E-state index < -0.39 is 59.4 Å². The lowest BCUT2D eigenvalue weighted by Gasteiger charge is -2.41. The normalized spacial score (nSPS) is 35.0. The minimum Gasteiger partial charge on any atom is -0.455 e. The maximum Gasteiger partial charge on any atom is 0.330 e. The molecule has 0 amide bonds. The molecule has 1 rings (SSSR count). The van der Waals surface area contributed by atoms with Crippen LogP contribution in [-0.4, -0.2) is 68.0 Å². The summed E-state index contributed by atoms with van der Waals surface area (Å²) in [5.74, 6) is -3.53. The van der Waals surface area contributed by atoms with Gasteiger partial charge in [0.15, 0.2) is 0 Å². The quantitative estimate of drug-likeness (QED) is 0.253. The lowest BCUT2D eigenvalue weighted by atomic mass is 9.77. The Kier molecular flexibility index (Phi) is 10.1. The average molecular weight is 445 g/mol. The van der Waals surface area contributed by atoms with E-state index in [0.717, 1.165) is 31.8 Å². The summed E-state index contributed by atoms with van der Waals surface area (Å²) in [7, 11) is 0. The first-order valence-electron chi connectivity index (χ1n) is 11.1. The third-order valence-electron chi connectivity index (χ3n) is 6.12. The highest BCUT2D eigenvalue weighted by atomic mass is 16.6. The maximum atomic E-state index is 12.5. The summed E-state index contributed by atoms with van der Waals surface area (Å²) in [5, 5.41) is 41.9. The summed E-state index contributed by atoms with van der Waals surface area (Å²) in [5.41, 5.74) is -3.37. The summed E-state index contributed by atoms with van der Waals surface area (Å²) in [6, 6.07) is 0. The summed E-state index contributed by atoms with van der Waals surface area (Å²) in [6.45, 7) is 9.35. The molecule has 1 heterocycles. The number of rotatable bonds is 8. The zero-order valence-electron chi connectivity index (χ0n) is 19.6. The van der Waals surface area contributed by atoms with Gasteiger partial charge in [-0.2, -0.15) is 0 Å². The third-order valence-corrected chi connectivity index (χ3v) is 6.12. The van der Waals surface area contributed by atoms with Crippen molar-refractivity contribution in [2.24, 2.45) is 11.8 Å². The van der Waals surface area contributed by atoms with Crippen LogP contribution in [0.15, 0.2) is 12.2 Å². The van der Waals surface area contributed by atoms with Crippen LogP contribution in [-0.2, 0) is 19.1 Å². The Morgan fingerprint density at radius 1 is 1.16 bits per heavy atom. The molecule has 0 aliphatic carbocycles. The van der Waals surface area contributed by atoms with Gasteiger partial charge in [-0.05, 0) is 40.2 Å². The zero-order valence-corrected chi connectivity index (χ0v) is 19.6. The highest BCUT2D eigenvalue weighted by Gasteiger charge is 2.53. The Hall–Kier alpha value is -1.48. The molecule has 1 aliphatic heterocycles. The van der Waals surface area contributed by atoms with Crippen molar-refractivity contribution in [2.45, 2.75) is 109 Å². The van der Waals surface area contributed by atoms with Crippen molar-refractivity contribution in [3.05, 3.63) is 12.2 Å². The summed E-state index contributed by atoms with van der Waals surface area (Å²) in [4.78, 5) is 24.9. The van der Waals surface area contributed by atoms with Gasteiger partial charge in [0.2, 0.25) is 0 Å². The van der Waals surface area contributed by atoms with Crippen LogP contribution in [0.2, 0.25) is 0 Å². The Balaban J connectivity index is 3.00. The van der Waals surface area contributed by atoms with E-state index in [1.807, 2.05) is 0 Å². The molecule has 0 spiro atoms. The first kappa shape index (κ1) is 27.6. The van der Waals surface area contributed by atoms with Crippen LogP contribution in [0.25, 0.3) is 0 Å². The second kappa shape index (κ2) is 11.4. The number of aliphatic hydroxyl groups is 4. The Morgan fingerprint density at radius 3 is 2.35 bits per heavy atom. The van der Waals surface area contributed by atoms with Gasteiger partial charge in [0.25, 0.3) is 0 Å². The van der Waals surface area contributed by atoms with Crippen molar-refractivity contribution in [3.8, 4) is 0 Å². The van der Waals surface area contributed by atoms with Gasteiger partial charge >= 0.3 is 11.9 Å². The SMILES string of the molecule is CCCCCC[C@@H](O)C=CC(=O)O[C@@H]1[C@@H](C)[C@H](O)[C@@](C)(O)[C@H](O)[C@@H](C)C(=O)OC1(C)C. The van der Waals surface area contributed by atoms with E-state index in [-0.39, 0.29) is 0 Å². The lowest BCUT2D eigenvalue weighted by Crippen LogP contribution is -2.58. The van der Waals surface area contributed by atoms with Crippen molar-refractivity contribution in [2.75, 3.05) is 0 Å². The van der Waals surface area contributed by atoms with E-state index in [2.05, 4.69) is 6.92 Å².